The summed E-state index contributed by atoms with van der Waals surface area (Å²) in [7, 11) is 0. The van der Waals surface area contributed by atoms with Crippen molar-refractivity contribution in [2.24, 2.45) is 17.8 Å². The highest BCUT2D eigenvalue weighted by molar-refractivity contribution is 6.58. The number of alkyl halides is 5. The molecule has 264 valence electrons. The first-order valence-electron chi connectivity index (χ1n) is 15.1. The Kier molecular flexibility index (Phi) is 7.69. The fourth-order valence-corrected chi connectivity index (χ4v) is 8.73. The van der Waals surface area contributed by atoms with Gasteiger partial charge in [0.15, 0.2) is 9.75 Å². The lowest BCUT2D eigenvalue weighted by Gasteiger charge is -2.50. The summed E-state index contributed by atoms with van der Waals surface area (Å²) in [6, 6.07) is 9.66. The molecule has 51 heavy (non-hydrogen) atoms. The maximum Gasteiger partial charge on any atom is 0.573 e. The summed E-state index contributed by atoms with van der Waals surface area (Å²) in [5.74, 6) is -13.5. The monoisotopic (exact) mass is 748 g/mol. The number of phenols is 2. The molecule has 4 aliphatic rings. The van der Waals surface area contributed by atoms with Crippen LogP contribution in [0.3, 0.4) is 0 Å². The average molecular weight is 749 g/mol. The van der Waals surface area contributed by atoms with Gasteiger partial charge in [-0.3, -0.25) is 19.2 Å². The third kappa shape index (κ3) is 4.96. The molecule has 6 atom stereocenters. The zero-order valence-electron chi connectivity index (χ0n) is 25.5. The van der Waals surface area contributed by atoms with E-state index < -0.39 is 110 Å². The number of carboxylic acids is 1. The van der Waals surface area contributed by atoms with Gasteiger partial charge in [0, 0.05) is 17.5 Å². The Morgan fingerprint density at radius 3 is 2.14 bits per heavy atom. The van der Waals surface area contributed by atoms with Gasteiger partial charge in [-0.25, -0.2) is 19.0 Å². The minimum absolute atomic E-state index is 0.121. The number of benzene rings is 3. The van der Waals surface area contributed by atoms with E-state index in [4.69, 9.17) is 23.2 Å². The van der Waals surface area contributed by atoms with Crippen molar-refractivity contribution in [3.63, 3.8) is 0 Å². The normalized spacial score (nSPS) is 28.7. The highest BCUT2D eigenvalue weighted by Crippen LogP contribution is 2.66. The smallest absolute Gasteiger partial charge is 0.508 e. The second-order valence-electron chi connectivity index (χ2n) is 12.5. The lowest BCUT2D eigenvalue weighted by molar-refractivity contribution is -0.274. The van der Waals surface area contributed by atoms with Crippen LogP contribution in [0.5, 0.6) is 17.2 Å². The molecular weight excluding hydrogens is 727 g/mol. The number of rotatable bonds is 5. The van der Waals surface area contributed by atoms with Crippen molar-refractivity contribution in [2.75, 3.05) is 9.80 Å². The van der Waals surface area contributed by atoms with Crippen LogP contribution in [0.4, 0.5) is 28.9 Å². The van der Waals surface area contributed by atoms with Crippen LogP contribution in [0.1, 0.15) is 34.7 Å². The number of aromatic carboxylic acids is 1. The van der Waals surface area contributed by atoms with E-state index >= 15 is 0 Å². The molecule has 4 amide bonds. The van der Waals surface area contributed by atoms with Crippen molar-refractivity contribution >= 4 is 64.2 Å². The summed E-state index contributed by atoms with van der Waals surface area (Å²) >= 11 is 14.4. The number of allylic oxidation sites excluding steroid dienone is 2. The molecule has 3 fully saturated rings. The largest absolute Gasteiger partial charge is 0.573 e. The summed E-state index contributed by atoms with van der Waals surface area (Å²) in [5, 5.41) is 30.7. The second kappa shape index (κ2) is 11.4. The third-order valence-corrected chi connectivity index (χ3v) is 11.3. The topological polar surface area (TPSA) is 162 Å². The molecule has 2 aliphatic heterocycles. The average Bonchev–Trinajstić information content (AvgIpc) is 3.39. The maximum atomic E-state index is 14.4. The van der Waals surface area contributed by atoms with Crippen LogP contribution >= 0.6 is 23.2 Å². The van der Waals surface area contributed by atoms with Gasteiger partial charge in [0.2, 0.25) is 11.8 Å². The Morgan fingerprint density at radius 1 is 0.843 bits per heavy atom. The molecular formula is C34H22Cl2F4N2O9. The van der Waals surface area contributed by atoms with Gasteiger partial charge in [-0.1, -0.05) is 11.6 Å². The van der Waals surface area contributed by atoms with Gasteiger partial charge in [0.25, 0.3) is 11.8 Å². The lowest BCUT2D eigenvalue weighted by Crippen LogP contribution is -2.60. The van der Waals surface area contributed by atoms with Gasteiger partial charge in [0.1, 0.15) is 28.6 Å². The van der Waals surface area contributed by atoms with Gasteiger partial charge >= 0.3 is 12.3 Å². The van der Waals surface area contributed by atoms with E-state index in [0.29, 0.717) is 4.90 Å². The van der Waals surface area contributed by atoms with E-state index in [0.717, 1.165) is 65.6 Å². The molecule has 3 N–H and O–H groups in total. The minimum atomic E-state index is -5.18. The second-order valence-corrected chi connectivity index (χ2v) is 13.8. The highest BCUT2D eigenvalue weighted by Gasteiger charge is 2.77. The number of fused-ring (bicyclic) bond motifs is 4. The molecule has 2 heterocycles. The van der Waals surface area contributed by atoms with Crippen LogP contribution in [0.2, 0.25) is 0 Å². The Morgan fingerprint density at radius 2 is 1.51 bits per heavy atom. The Hall–Kier alpha value is -5.15. The van der Waals surface area contributed by atoms with Crippen LogP contribution in [-0.4, -0.2) is 61.0 Å². The number of halogens is 6. The predicted octanol–water partition coefficient (Wildman–Crippen LogP) is 5.60. The number of ether oxygens (including phenoxy) is 1. The molecule has 0 radical (unpaired) electrons. The van der Waals surface area contributed by atoms with Crippen LogP contribution in [0, 0.1) is 23.6 Å². The van der Waals surface area contributed by atoms with Crippen LogP contribution in [0.25, 0.3) is 0 Å². The molecule has 1 saturated carbocycles. The molecule has 0 aromatic heterocycles. The molecule has 0 spiro atoms. The number of carbonyl (C=O) groups is 5. The van der Waals surface area contributed by atoms with Crippen LogP contribution < -0.4 is 14.5 Å². The number of carbonyl (C=O) groups excluding carboxylic acids is 4. The number of aromatic hydroxyl groups is 2. The van der Waals surface area contributed by atoms with E-state index in [1.54, 1.807) is 0 Å². The molecule has 3 aromatic carbocycles. The quantitative estimate of drug-likeness (QED) is 0.131. The number of nitrogens with zero attached hydrogens (tertiary/aromatic N) is 2. The molecule has 3 aromatic rings. The fraction of sp³-hybridized carbons (Fsp3) is 0.265. The third-order valence-electron chi connectivity index (χ3n) is 9.91. The molecule has 0 unspecified atom stereocenters. The number of carboxylic acid groups (broad SMARTS) is 1. The van der Waals surface area contributed by atoms with Gasteiger partial charge in [0.05, 0.1) is 23.2 Å². The number of anilines is 2. The lowest BCUT2D eigenvalue weighted by atomic mass is 9.56. The molecule has 17 heteroatoms. The SMILES string of the molecule is O=C(O)c1ccc(N2C(=O)[C@H]3[C@H](CC=C4[C@H]3C[C@@]3(Cl)C(=O)N(c5ccc(F)cc5)C(=O)[C@@]3(Cl)[C@H]4c3cc(OC(F)(F)F)ccc3O)C2=O)cc1O. The number of hydrogen-bond acceptors (Lipinski definition) is 8. The van der Waals surface area contributed by atoms with Gasteiger partial charge in [-0.2, -0.15) is 0 Å². The van der Waals surface area contributed by atoms with Gasteiger partial charge in [-0.05, 0) is 73.4 Å². The van der Waals surface area contributed by atoms with Crippen molar-refractivity contribution < 1.29 is 61.6 Å². The van der Waals surface area contributed by atoms with Gasteiger partial charge in [-0.15, -0.1) is 36.4 Å². The summed E-state index contributed by atoms with van der Waals surface area (Å²) in [4.78, 5) is 64.5. The summed E-state index contributed by atoms with van der Waals surface area (Å²) in [5.41, 5.74) is -1.08. The predicted molar refractivity (Wildman–Crippen MR) is 169 cm³/mol. The first kappa shape index (κ1) is 34.3. The summed E-state index contributed by atoms with van der Waals surface area (Å²) < 4.78 is 57.9. The summed E-state index contributed by atoms with van der Waals surface area (Å²) in [6.45, 7) is 0. The number of hydrogen-bond donors (Lipinski definition) is 3. The molecule has 2 aliphatic carbocycles. The Bertz CT molecular complexity index is 2110. The summed E-state index contributed by atoms with van der Waals surface area (Å²) in [6.07, 6.45) is -4.42. The number of phenolic OH excluding ortho intramolecular Hbond substituents is 1. The highest BCUT2D eigenvalue weighted by atomic mass is 35.5. The Balaban J connectivity index is 1.40. The first-order chi connectivity index (χ1) is 23.9. The molecule has 0 bridgehead atoms. The van der Waals surface area contributed by atoms with Crippen LogP contribution in [-0.2, 0) is 19.2 Å². The van der Waals surface area contributed by atoms with Crippen molar-refractivity contribution in [3.8, 4) is 17.2 Å². The maximum absolute atomic E-state index is 14.4. The van der Waals surface area contributed by atoms with Crippen molar-refractivity contribution in [1.82, 2.24) is 0 Å². The van der Waals surface area contributed by atoms with Crippen LogP contribution in [0.15, 0.2) is 72.3 Å². The Labute approximate surface area is 294 Å². The number of imide groups is 2. The molecule has 2 saturated heterocycles. The van der Waals surface area contributed by atoms with Crippen molar-refractivity contribution in [2.45, 2.75) is 34.9 Å². The van der Waals surface area contributed by atoms with E-state index in [2.05, 4.69) is 4.74 Å². The molecule has 11 nitrogen and oxygen atoms in total. The first-order valence-corrected chi connectivity index (χ1v) is 15.9. The van der Waals surface area contributed by atoms with Crippen molar-refractivity contribution in [1.29, 1.82) is 0 Å². The number of amides is 4. The van der Waals surface area contributed by atoms with E-state index in [1.807, 2.05) is 0 Å². The van der Waals surface area contributed by atoms with E-state index in [1.165, 1.54) is 6.08 Å². The standard InChI is InChI=1S/C34H22Cl2F4N2O9/c35-32-13-22-18(8-9-20-25(22)28(46)41(27(20)45)16-5-7-19(29(47)48)24(44)11-16)26(21-12-17(6-10-23(21)43)51-34(38,39)40)33(32,36)31(50)42(30(32)49)15-3-1-14(37)2-4-15/h1-8,10-12,20,22,25-26,43-44H,9,13H2,(H,47,48)/t20-,22+,25-,26+,32+,33-/m0/s1. The zero-order chi connectivity index (χ0) is 36.9. The minimum Gasteiger partial charge on any atom is -0.508 e. The van der Waals surface area contributed by atoms with E-state index in [9.17, 15) is 56.9 Å². The molecule has 7 rings (SSSR count). The van der Waals surface area contributed by atoms with E-state index in [-0.39, 0.29) is 23.4 Å². The fourth-order valence-electron chi connectivity index (χ4n) is 7.80. The zero-order valence-corrected chi connectivity index (χ0v) is 27.0. The van der Waals surface area contributed by atoms with Gasteiger partial charge < -0.3 is 20.1 Å². The van der Waals surface area contributed by atoms with Crippen molar-refractivity contribution in [3.05, 3.63) is 89.3 Å².